The van der Waals surface area contributed by atoms with E-state index in [4.69, 9.17) is 23.9 Å². The summed E-state index contributed by atoms with van der Waals surface area (Å²) in [5, 5.41) is 9.32. The maximum Gasteiger partial charge on any atom is 0.329 e. The summed E-state index contributed by atoms with van der Waals surface area (Å²) >= 11 is 0. The van der Waals surface area contributed by atoms with Gasteiger partial charge in [0.05, 0.1) is 31.3 Å². The van der Waals surface area contributed by atoms with Crippen LogP contribution in [0, 0.1) is 17.8 Å². The molecule has 3 N–H and O–H groups in total. The van der Waals surface area contributed by atoms with Gasteiger partial charge < -0.3 is 34.9 Å². The minimum Gasteiger partial charge on any atom is -0.497 e. The van der Waals surface area contributed by atoms with Gasteiger partial charge in [0.2, 0.25) is 17.7 Å². The van der Waals surface area contributed by atoms with E-state index in [9.17, 15) is 24.0 Å². The molecule has 1 unspecified atom stereocenters. The van der Waals surface area contributed by atoms with Crippen molar-refractivity contribution in [3.63, 3.8) is 0 Å². The van der Waals surface area contributed by atoms with Gasteiger partial charge in [0, 0.05) is 35.1 Å². The molecule has 318 valence electrons. The third-order valence-electron chi connectivity index (χ3n) is 10.8. The lowest BCUT2D eigenvalue weighted by Crippen LogP contribution is -2.56. The van der Waals surface area contributed by atoms with Crippen LogP contribution in [0.25, 0.3) is 22.2 Å². The molecule has 0 spiro atoms. The van der Waals surface area contributed by atoms with Crippen molar-refractivity contribution in [1.29, 1.82) is 0 Å². The zero-order chi connectivity index (χ0) is 42.9. The minimum atomic E-state index is -1.05. The first-order valence-corrected chi connectivity index (χ1v) is 20.8. The quantitative estimate of drug-likeness (QED) is 0.134. The zero-order valence-corrected chi connectivity index (χ0v) is 35.6. The van der Waals surface area contributed by atoms with Crippen LogP contribution < -0.4 is 25.4 Å². The van der Waals surface area contributed by atoms with E-state index in [0.29, 0.717) is 40.9 Å². The molecule has 2 aliphatic rings. The Morgan fingerprint density at radius 1 is 0.881 bits per heavy atom. The molecule has 2 aliphatic carbocycles. The van der Waals surface area contributed by atoms with Gasteiger partial charge in [-0.2, -0.15) is 0 Å². The summed E-state index contributed by atoms with van der Waals surface area (Å²) in [4.78, 5) is 73.7. The number of fused-ring (bicyclic) bond motifs is 1. The molecule has 1 saturated carbocycles. The minimum absolute atomic E-state index is 0.0625. The van der Waals surface area contributed by atoms with Crippen molar-refractivity contribution in [3.8, 4) is 22.8 Å². The number of aromatic nitrogens is 1. The Hall–Kier alpha value is -5.46. The molecule has 1 heterocycles. The van der Waals surface area contributed by atoms with Crippen LogP contribution >= 0.6 is 0 Å². The Morgan fingerprint density at radius 3 is 2.22 bits per heavy atom. The molecule has 0 aliphatic heterocycles. The van der Waals surface area contributed by atoms with Crippen LogP contribution in [-0.2, 0) is 33.4 Å². The van der Waals surface area contributed by atoms with Crippen molar-refractivity contribution in [2.75, 3.05) is 14.2 Å². The van der Waals surface area contributed by atoms with Crippen LogP contribution in [0.3, 0.4) is 0 Å². The van der Waals surface area contributed by atoms with Gasteiger partial charge in [-0.25, -0.2) is 14.6 Å². The van der Waals surface area contributed by atoms with Crippen LogP contribution in [-0.4, -0.2) is 78.7 Å². The molecule has 3 amide bonds. The number of hydrogen-bond donors (Lipinski definition) is 3. The molecule has 1 aromatic heterocycles. The molecule has 1 fully saturated rings. The first-order chi connectivity index (χ1) is 28.1. The Balaban J connectivity index is 1.48. The van der Waals surface area contributed by atoms with Crippen LogP contribution in [0.4, 0.5) is 0 Å². The fraction of sp³-hybridized carbons (Fsp3) is 0.522. The molecule has 0 radical (unpaired) electrons. The highest BCUT2D eigenvalue weighted by Crippen LogP contribution is 2.36. The number of esters is 2. The maximum atomic E-state index is 14.4. The lowest BCUT2D eigenvalue weighted by molar-refractivity contribution is -0.159. The number of methoxy groups -OCH3 is 2. The smallest absolute Gasteiger partial charge is 0.329 e. The van der Waals surface area contributed by atoms with Gasteiger partial charge >= 0.3 is 11.9 Å². The molecule has 0 saturated heterocycles. The topological polar surface area (TPSA) is 171 Å². The SMILES string of the molecule is CCC[C@H](NC(=O)[C@H]1C[C@H](Oc2cc(-c3ccccc3)nc3cc(OC)ccc23)C=C1C(=O)N[C@H](C(=O)NC(C(=O)OC)C1CCCCC1)C(C)C)C(=O)OC(C)(C)C. The van der Waals surface area contributed by atoms with Gasteiger partial charge in [0.15, 0.2) is 0 Å². The Morgan fingerprint density at radius 2 is 1.59 bits per heavy atom. The lowest BCUT2D eigenvalue weighted by Gasteiger charge is -2.31. The molecular weight excluding hydrogens is 753 g/mol. The van der Waals surface area contributed by atoms with Gasteiger partial charge in [-0.05, 0) is 70.1 Å². The predicted octanol–water partition coefficient (Wildman–Crippen LogP) is 6.61. The van der Waals surface area contributed by atoms with Gasteiger partial charge in [0.25, 0.3) is 0 Å². The van der Waals surface area contributed by atoms with E-state index in [-0.39, 0.29) is 23.8 Å². The summed E-state index contributed by atoms with van der Waals surface area (Å²) in [6.07, 6.45) is 6.33. The third-order valence-corrected chi connectivity index (χ3v) is 10.8. The standard InChI is InChI=1S/C46H60N4O9/c1-9-16-35(44(54)59-46(4,5)6)48-41(51)33-23-31(58-38-26-36(28-17-12-10-13-18-28)47-37-25-30(56-7)21-22-32(37)38)24-34(33)42(52)49-39(27(2)3)43(53)50-40(45(55)57-8)29-19-14-11-15-20-29/h10,12-13,17-18,21-22,24-27,29,31,33,35,39-40H,9,11,14-16,19-20,23H2,1-8H3,(H,48,51)(H,49,52)(H,50,53)/t31-,33-,35-,39-,40?/m0/s1. The molecule has 3 aromatic rings. The highest BCUT2D eigenvalue weighted by atomic mass is 16.6. The van der Waals surface area contributed by atoms with Crippen LogP contribution in [0.2, 0.25) is 0 Å². The molecule has 5 rings (SSSR count). The van der Waals surface area contributed by atoms with Crippen molar-refractivity contribution in [3.05, 3.63) is 66.2 Å². The monoisotopic (exact) mass is 812 g/mol. The van der Waals surface area contributed by atoms with Crippen molar-refractivity contribution in [2.45, 2.75) is 123 Å². The fourth-order valence-corrected chi connectivity index (χ4v) is 7.78. The summed E-state index contributed by atoms with van der Waals surface area (Å²) in [5.41, 5.74) is 1.45. The number of nitrogens with zero attached hydrogens (tertiary/aromatic N) is 1. The predicted molar refractivity (Wildman–Crippen MR) is 224 cm³/mol. The highest BCUT2D eigenvalue weighted by molar-refractivity contribution is 6.03. The Kier molecular flexibility index (Phi) is 15.1. The number of ether oxygens (including phenoxy) is 4. The first-order valence-electron chi connectivity index (χ1n) is 20.8. The highest BCUT2D eigenvalue weighted by Gasteiger charge is 2.41. The van der Waals surface area contributed by atoms with E-state index in [2.05, 4.69) is 16.0 Å². The molecule has 13 nitrogen and oxygen atoms in total. The number of carbonyl (C=O) groups is 5. The van der Waals surface area contributed by atoms with Gasteiger partial charge in [-0.1, -0.05) is 76.8 Å². The Bertz CT molecular complexity index is 2000. The van der Waals surface area contributed by atoms with Crippen LogP contribution in [0.1, 0.15) is 92.9 Å². The molecule has 5 atom stereocenters. The first kappa shape index (κ1) is 44.6. The summed E-state index contributed by atoms with van der Waals surface area (Å²) in [5.74, 6) is -3.25. The maximum absolute atomic E-state index is 14.4. The third kappa shape index (κ3) is 11.6. The van der Waals surface area contributed by atoms with Gasteiger partial charge in [0.1, 0.15) is 41.3 Å². The molecule has 0 bridgehead atoms. The number of carbonyl (C=O) groups excluding carboxylic acids is 5. The van der Waals surface area contributed by atoms with Gasteiger partial charge in [-0.15, -0.1) is 0 Å². The van der Waals surface area contributed by atoms with Crippen molar-refractivity contribution >= 4 is 40.6 Å². The molecule has 2 aromatic carbocycles. The normalized spacial score (nSPS) is 18.6. The summed E-state index contributed by atoms with van der Waals surface area (Å²) in [6, 6.07) is 14.1. The van der Waals surface area contributed by atoms with Crippen LogP contribution in [0.15, 0.2) is 66.2 Å². The number of hydrogen-bond acceptors (Lipinski definition) is 10. The lowest BCUT2D eigenvalue weighted by atomic mass is 9.83. The van der Waals surface area contributed by atoms with Gasteiger partial charge in [-0.3, -0.25) is 14.4 Å². The van der Waals surface area contributed by atoms with E-state index in [1.807, 2.05) is 55.5 Å². The average molecular weight is 813 g/mol. The second kappa shape index (κ2) is 20.0. The number of pyridine rings is 1. The second-order valence-corrected chi connectivity index (χ2v) is 16.8. The van der Waals surface area contributed by atoms with Crippen molar-refractivity contribution in [1.82, 2.24) is 20.9 Å². The summed E-state index contributed by atoms with van der Waals surface area (Å²) < 4.78 is 22.9. The number of nitrogens with one attached hydrogen (secondary N) is 3. The largest absolute Gasteiger partial charge is 0.497 e. The van der Waals surface area contributed by atoms with E-state index in [0.717, 1.165) is 37.7 Å². The van der Waals surface area contributed by atoms with E-state index in [1.54, 1.807) is 53.9 Å². The van der Waals surface area contributed by atoms with E-state index < -0.39 is 65.4 Å². The second-order valence-electron chi connectivity index (χ2n) is 16.8. The number of amides is 3. The van der Waals surface area contributed by atoms with Crippen LogP contribution in [0.5, 0.6) is 11.5 Å². The number of rotatable bonds is 16. The average Bonchev–Trinajstić information content (AvgIpc) is 3.65. The molecular formula is C46H60N4O9. The van der Waals surface area contributed by atoms with Crippen molar-refractivity contribution in [2.24, 2.45) is 17.8 Å². The fourth-order valence-electron chi connectivity index (χ4n) is 7.78. The summed E-state index contributed by atoms with van der Waals surface area (Å²) in [7, 11) is 2.88. The van der Waals surface area contributed by atoms with E-state index in [1.165, 1.54) is 7.11 Å². The van der Waals surface area contributed by atoms with Crippen molar-refractivity contribution < 1.29 is 42.9 Å². The number of benzene rings is 2. The summed E-state index contributed by atoms with van der Waals surface area (Å²) in [6.45, 7) is 10.8. The molecule has 13 heteroatoms. The zero-order valence-electron chi connectivity index (χ0n) is 35.6. The van der Waals surface area contributed by atoms with E-state index >= 15 is 0 Å². The molecule has 59 heavy (non-hydrogen) atoms. The Labute approximate surface area is 347 Å².